The van der Waals surface area contributed by atoms with E-state index in [1.807, 2.05) is 0 Å². The second kappa shape index (κ2) is 5.74. The van der Waals surface area contributed by atoms with Gasteiger partial charge in [0.25, 0.3) is 0 Å². The summed E-state index contributed by atoms with van der Waals surface area (Å²) in [5, 5.41) is 2.91. The molecule has 1 N–H and O–H groups in total. The number of rotatable bonds is 4. The Labute approximate surface area is 117 Å². The van der Waals surface area contributed by atoms with Crippen LogP contribution in [-0.2, 0) is 6.18 Å². The molecule has 20 heavy (non-hydrogen) atoms. The molecule has 0 bridgehead atoms. The molecule has 2 aromatic rings. The Morgan fingerprint density at radius 2 is 2.10 bits per heavy atom. The number of hydrogen-bond donors (Lipinski definition) is 1. The lowest BCUT2D eigenvalue weighted by molar-refractivity contribution is -0.141. The van der Waals surface area contributed by atoms with E-state index in [9.17, 15) is 13.2 Å². The van der Waals surface area contributed by atoms with Gasteiger partial charge >= 0.3 is 6.18 Å². The summed E-state index contributed by atoms with van der Waals surface area (Å²) >= 11 is 1.11. The molecular formula is C12H12F3N3OS. The highest BCUT2D eigenvalue weighted by Gasteiger charge is 2.33. The van der Waals surface area contributed by atoms with Crippen LogP contribution in [0.25, 0.3) is 0 Å². The fraction of sp³-hybridized carbons (Fsp3) is 0.333. The monoisotopic (exact) mass is 303 g/mol. The lowest BCUT2D eigenvalue weighted by atomic mass is 10.4. The summed E-state index contributed by atoms with van der Waals surface area (Å²) < 4.78 is 43.5. The molecule has 0 aliphatic heterocycles. The second-order valence-corrected chi connectivity index (χ2v) is 4.95. The van der Waals surface area contributed by atoms with Gasteiger partial charge in [0, 0.05) is 12.6 Å². The van der Waals surface area contributed by atoms with Gasteiger partial charge in [-0.25, -0.2) is 9.97 Å². The van der Waals surface area contributed by atoms with Gasteiger partial charge in [-0.05, 0) is 19.9 Å². The van der Waals surface area contributed by atoms with Crippen LogP contribution in [0, 0.1) is 6.92 Å². The molecule has 0 amide bonds. The van der Waals surface area contributed by atoms with Crippen molar-refractivity contribution in [3.05, 3.63) is 29.9 Å². The summed E-state index contributed by atoms with van der Waals surface area (Å²) in [7, 11) is 0. The van der Waals surface area contributed by atoms with Crippen molar-refractivity contribution in [3.8, 4) is 0 Å². The van der Waals surface area contributed by atoms with Gasteiger partial charge < -0.3 is 9.73 Å². The average Bonchev–Trinajstić information content (AvgIpc) is 2.74. The Kier molecular flexibility index (Phi) is 4.22. The van der Waals surface area contributed by atoms with Gasteiger partial charge in [-0.15, -0.1) is 0 Å². The molecule has 2 aromatic heterocycles. The number of anilines is 1. The van der Waals surface area contributed by atoms with Crippen molar-refractivity contribution >= 4 is 17.7 Å². The normalized spacial score (nSPS) is 11.7. The van der Waals surface area contributed by atoms with Crippen LogP contribution in [0.15, 0.2) is 32.7 Å². The first-order valence-electron chi connectivity index (χ1n) is 5.82. The molecule has 0 fully saturated rings. The van der Waals surface area contributed by atoms with Gasteiger partial charge in [0.05, 0.1) is 11.2 Å². The van der Waals surface area contributed by atoms with Gasteiger partial charge in [-0.1, -0.05) is 11.8 Å². The quantitative estimate of drug-likeness (QED) is 0.866. The van der Waals surface area contributed by atoms with Gasteiger partial charge in [0.1, 0.15) is 10.8 Å². The third kappa shape index (κ3) is 3.44. The molecule has 2 heterocycles. The van der Waals surface area contributed by atoms with Crippen molar-refractivity contribution in [2.75, 3.05) is 11.9 Å². The number of furan rings is 1. The van der Waals surface area contributed by atoms with Crippen LogP contribution in [-0.4, -0.2) is 16.5 Å². The van der Waals surface area contributed by atoms with Crippen LogP contribution in [0.1, 0.15) is 18.4 Å². The van der Waals surface area contributed by atoms with Crippen LogP contribution in [0.2, 0.25) is 0 Å². The zero-order valence-electron chi connectivity index (χ0n) is 10.8. The van der Waals surface area contributed by atoms with Crippen molar-refractivity contribution in [2.45, 2.75) is 29.9 Å². The van der Waals surface area contributed by atoms with Crippen molar-refractivity contribution in [1.29, 1.82) is 0 Å². The number of halogens is 3. The van der Waals surface area contributed by atoms with Crippen molar-refractivity contribution in [1.82, 2.24) is 9.97 Å². The Hall–Kier alpha value is -1.70. The summed E-state index contributed by atoms with van der Waals surface area (Å²) in [5.74, 6) is 0.596. The smallest absolute Gasteiger partial charge is 0.433 e. The SMILES string of the molecule is CCNc1nc(Sc2ccoc2C)cc(C(F)(F)F)n1. The molecule has 0 aliphatic rings. The van der Waals surface area contributed by atoms with Crippen LogP contribution in [0.5, 0.6) is 0 Å². The Morgan fingerprint density at radius 3 is 2.65 bits per heavy atom. The van der Waals surface area contributed by atoms with E-state index >= 15 is 0 Å². The summed E-state index contributed by atoms with van der Waals surface area (Å²) in [6.45, 7) is 3.94. The molecule has 0 atom stereocenters. The Bertz CT molecular complexity index is 598. The van der Waals surface area contributed by atoms with Crippen LogP contribution in [0.3, 0.4) is 0 Å². The summed E-state index contributed by atoms with van der Waals surface area (Å²) in [6.07, 6.45) is -3.03. The second-order valence-electron chi connectivity index (χ2n) is 3.89. The third-order valence-corrected chi connectivity index (χ3v) is 3.42. The zero-order chi connectivity index (χ0) is 14.8. The maximum absolute atomic E-state index is 12.8. The highest BCUT2D eigenvalue weighted by atomic mass is 32.2. The summed E-state index contributed by atoms with van der Waals surface area (Å²) in [6, 6.07) is 2.61. The van der Waals surface area contributed by atoms with Gasteiger partial charge in [0.15, 0.2) is 5.69 Å². The van der Waals surface area contributed by atoms with Crippen molar-refractivity contribution in [3.63, 3.8) is 0 Å². The maximum atomic E-state index is 12.8. The molecule has 0 aliphatic carbocycles. The Balaban J connectivity index is 2.36. The fourth-order valence-corrected chi connectivity index (χ4v) is 2.29. The number of nitrogens with one attached hydrogen (secondary N) is 1. The van der Waals surface area contributed by atoms with E-state index in [0.29, 0.717) is 12.3 Å². The van der Waals surface area contributed by atoms with E-state index in [1.54, 1.807) is 19.9 Å². The minimum atomic E-state index is -4.51. The van der Waals surface area contributed by atoms with E-state index in [0.717, 1.165) is 22.7 Å². The topological polar surface area (TPSA) is 51.0 Å². The minimum absolute atomic E-state index is 0.0361. The third-order valence-electron chi connectivity index (χ3n) is 2.35. The van der Waals surface area contributed by atoms with E-state index in [1.165, 1.54) is 6.26 Å². The molecule has 8 heteroatoms. The largest absolute Gasteiger partial charge is 0.468 e. The molecule has 0 unspecified atom stereocenters. The van der Waals surface area contributed by atoms with Gasteiger partial charge in [-0.3, -0.25) is 0 Å². The highest BCUT2D eigenvalue weighted by molar-refractivity contribution is 7.99. The number of aromatic nitrogens is 2. The molecule has 0 spiro atoms. The van der Waals surface area contributed by atoms with E-state index in [-0.39, 0.29) is 11.0 Å². The van der Waals surface area contributed by atoms with E-state index in [2.05, 4.69) is 15.3 Å². The molecule has 0 radical (unpaired) electrons. The van der Waals surface area contributed by atoms with E-state index in [4.69, 9.17) is 4.42 Å². The zero-order valence-corrected chi connectivity index (χ0v) is 11.6. The number of nitrogens with zero attached hydrogens (tertiary/aromatic N) is 2. The molecule has 0 aromatic carbocycles. The average molecular weight is 303 g/mol. The first kappa shape index (κ1) is 14.7. The predicted octanol–water partition coefficient (Wildman–Crippen LogP) is 3.98. The van der Waals surface area contributed by atoms with Crippen LogP contribution < -0.4 is 5.32 Å². The molecule has 108 valence electrons. The standard InChI is InChI=1S/C12H12F3N3OS/c1-3-16-11-17-9(12(13,14)15)6-10(18-11)20-8-4-5-19-7(8)2/h4-6H,3H2,1-2H3,(H,16,17,18). The molecule has 4 nitrogen and oxygen atoms in total. The fourth-order valence-electron chi connectivity index (χ4n) is 1.45. The van der Waals surface area contributed by atoms with Gasteiger partial charge in [0.2, 0.25) is 5.95 Å². The molecular weight excluding hydrogens is 291 g/mol. The molecule has 0 saturated heterocycles. The molecule has 0 saturated carbocycles. The first-order valence-corrected chi connectivity index (χ1v) is 6.64. The van der Waals surface area contributed by atoms with Crippen molar-refractivity contribution < 1.29 is 17.6 Å². The highest BCUT2D eigenvalue weighted by Crippen LogP contribution is 2.34. The van der Waals surface area contributed by atoms with E-state index < -0.39 is 11.9 Å². The predicted molar refractivity (Wildman–Crippen MR) is 68.8 cm³/mol. The number of hydrogen-bond acceptors (Lipinski definition) is 5. The van der Waals surface area contributed by atoms with Crippen LogP contribution >= 0.6 is 11.8 Å². The van der Waals surface area contributed by atoms with Gasteiger partial charge in [-0.2, -0.15) is 13.2 Å². The Morgan fingerprint density at radius 1 is 1.35 bits per heavy atom. The lowest BCUT2D eigenvalue weighted by Crippen LogP contribution is -2.12. The molecule has 2 rings (SSSR count). The van der Waals surface area contributed by atoms with Crippen molar-refractivity contribution in [2.24, 2.45) is 0 Å². The number of aryl methyl sites for hydroxylation is 1. The number of alkyl halides is 3. The minimum Gasteiger partial charge on any atom is -0.468 e. The van der Waals surface area contributed by atoms with Crippen LogP contribution in [0.4, 0.5) is 19.1 Å². The summed E-state index contributed by atoms with van der Waals surface area (Å²) in [4.78, 5) is 8.24. The maximum Gasteiger partial charge on any atom is 0.433 e. The lowest BCUT2D eigenvalue weighted by Gasteiger charge is -2.10. The summed E-state index contributed by atoms with van der Waals surface area (Å²) in [5.41, 5.74) is -0.966. The first-order chi connectivity index (χ1) is 9.40.